The number of hydrogen-bond acceptors (Lipinski definition) is 3. The van der Waals surface area contributed by atoms with Crippen molar-refractivity contribution in [1.29, 1.82) is 0 Å². The Hall–Kier alpha value is -1.88. The molecule has 0 amide bonds. The van der Waals surface area contributed by atoms with Gasteiger partial charge in [0.1, 0.15) is 5.82 Å². The molecule has 1 heterocycles. The molecule has 1 aromatic carbocycles. The zero-order valence-electron chi connectivity index (χ0n) is 9.40. The number of aliphatic imine (C=N–C) groups is 1. The molecule has 2 aromatic rings. The Bertz CT molecular complexity index is 549. The predicted octanol–water partition coefficient (Wildman–Crippen LogP) is 2.08. The predicted molar refractivity (Wildman–Crippen MR) is 64.3 cm³/mol. The number of nitrogens with one attached hydrogen (secondary N) is 1. The number of methoxy groups -OCH3 is 1. The Labute approximate surface area is 97.8 Å². The fraction of sp³-hybridized carbons (Fsp3) is 0.250. The van der Waals surface area contributed by atoms with Gasteiger partial charge in [-0.05, 0) is 18.2 Å². The number of benzene rings is 1. The maximum atomic E-state index is 13.1. The van der Waals surface area contributed by atoms with Crippen molar-refractivity contribution in [3.05, 3.63) is 29.6 Å². The zero-order chi connectivity index (χ0) is 12.3. The lowest BCUT2D eigenvalue weighted by molar-refractivity contribution is 0.208. The maximum absolute atomic E-state index is 13.1. The fourth-order valence-electron chi connectivity index (χ4n) is 1.60. The summed E-state index contributed by atoms with van der Waals surface area (Å²) in [6, 6.07) is 4.28. The second-order valence-corrected chi connectivity index (χ2v) is 3.61. The molecule has 0 aliphatic heterocycles. The Morgan fingerprint density at radius 3 is 3.12 bits per heavy atom. The molecule has 5 heteroatoms. The third-order valence-corrected chi connectivity index (χ3v) is 2.42. The quantitative estimate of drug-likeness (QED) is 0.630. The Balaban J connectivity index is 2.35. The fourth-order valence-corrected chi connectivity index (χ4v) is 1.60. The van der Waals surface area contributed by atoms with Gasteiger partial charge in [0, 0.05) is 24.2 Å². The van der Waals surface area contributed by atoms with Crippen LogP contribution in [0.5, 0.6) is 5.88 Å². The third-order valence-electron chi connectivity index (χ3n) is 2.42. The average Bonchev–Trinajstić information content (AvgIpc) is 2.61. The number of hydrogen-bond donors (Lipinski definition) is 2. The van der Waals surface area contributed by atoms with Crippen LogP contribution >= 0.6 is 0 Å². The van der Waals surface area contributed by atoms with Crippen LogP contribution in [-0.2, 0) is 4.74 Å². The van der Waals surface area contributed by atoms with E-state index in [4.69, 9.17) is 4.74 Å². The van der Waals surface area contributed by atoms with Gasteiger partial charge in [0.25, 0.3) is 0 Å². The smallest absolute Gasteiger partial charge is 0.198 e. The molecule has 2 N–H and O–H groups in total. The topological polar surface area (TPSA) is 57.6 Å². The molecule has 0 bridgehead atoms. The van der Waals surface area contributed by atoms with Crippen LogP contribution in [0.4, 0.5) is 4.39 Å². The lowest BCUT2D eigenvalue weighted by atomic mass is 10.2. The van der Waals surface area contributed by atoms with E-state index in [2.05, 4.69) is 9.98 Å². The number of H-pyrrole nitrogens is 1. The number of aromatic nitrogens is 1. The first-order valence-corrected chi connectivity index (χ1v) is 5.21. The standard InChI is InChI=1S/C12H13FN2O2/c1-17-5-4-14-7-10-9-6-8(13)2-3-11(9)15-12(10)16/h2-3,6-7,15-16H,4-5H2,1H3. The summed E-state index contributed by atoms with van der Waals surface area (Å²) >= 11 is 0. The van der Waals surface area contributed by atoms with E-state index in [9.17, 15) is 9.50 Å². The van der Waals surface area contributed by atoms with Gasteiger partial charge in [0.15, 0.2) is 5.88 Å². The summed E-state index contributed by atoms with van der Waals surface area (Å²) in [4.78, 5) is 6.85. The van der Waals surface area contributed by atoms with Gasteiger partial charge in [-0.3, -0.25) is 4.99 Å². The monoisotopic (exact) mass is 236 g/mol. The first-order chi connectivity index (χ1) is 8.22. The van der Waals surface area contributed by atoms with Crippen molar-refractivity contribution in [2.75, 3.05) is 20.3 Å². The van der Waals surface area contributed by atoms with E-state index in [1.807, 2.05) is 0 Å². The van der Waals surface area contributed by atoms with Gasteiger partial charge in [0.2, 0.25) is 0 Å². The molecule has 17 heavy (non-hydrogen) atoms. The van der Waals surface area contributed by atoms with E-state index in [-0.39, 0.29) is 11.7 Å². The summed E-state index contributed by atoms with van der Waals surface area (Å²) in [5.41, 5.74) is 1.17. The van der Waals surface area contributed by atoms with Gasteiger partial charge in [-0.15, -0.1) is 0 Å². The molecule has 4 nitrogen and oxygen atoms in total. The van der Waals surface area contributed by atoms with Gasteiger partial charge in [-0.2, -0.15) is 0 Å². The van der Waals surface area contributed by atoms with Crippen LogP contribution in [-0.4, -0.2) is 36.6 Å². The van der Waals surface area contributed by atoms with Crippen LogP contribution in [0.15, 0.2) is 23.2 Å². The summed E-state index contributed by atoms with van der Waals surface area (Å²) in [6.45, 7) is 1.01. The maximum Gasteiger partial charge on any atom is 0.198 e. The number of halogens is 1. The largest absolute Gasteiger partial charge is 0.494 e. The number of ether oxygens (including phenoxy) is 1. The Morgan fingerprint density at radius 1 is 1.53 bits per heavy atom. The molecular formula is C12H13FN2O2. The van der Waals surface area contributed by atoms with E-state index in [1.165, 1.54) is 18.3 Å². The summed E-state index contributed by atoms with van der Waals surface area (Å²) in [6.07, 6.45) is 1.52. The van der Waals surface area contributed by atoms with Gasteiger partial charge in [0.05, 0.1) is 18.7 Å². The molecule has 0 unspecified atom stereocenters. The van der Waals surface area contributed by atoms with E-state index in [1.54, 1.807) is 13.2 Å². The molecule has 2 rings (SSSR count). The van der Waals surface area contributed by atoms with Crippen molar-refractivity contribution in [2.24, 2.45) is 4.99 Å². The van der Waals surface area contributed by atoms with Crippen LogP contribution in [0.3, 0.4) is 0 Å². The second-order valence-electron chi connectivity index (χ2n) is 3.61. The molecular weight excluding hydrogens is 223 g/mol. The van der Waals surface area contributed by atoms with Gasteiger partial charge in [-0.25, -0.2) is 4.39 Å². The molecule has 1 aromatic heterocycles. The van der Waals surface area contributed by atoms with E-state index < -0.39 is 0 Å². The Kier molecular flexibility index (Phi) is 3.39. The van der Waals surface area contributed by atoms with Crippen molar-refractivity contribution < 1.29 is 14.2 Å². The number of aromatic amines is 1. The van der Waals surface area contributed by atoms with Crippen molar-refractivity contribution in [3.63, 3.8) is 0 Å². The minimum Gasteiger partial charge on any atom is -0.494 e. The number of rotatable bonds is 4. The minimum absolute atomic E-state index is 0.00762. The van der Waals surface area contributed by atoms with Crippen LogP contribution in [0, 0.1) is 5.82 Å². The van der Waals surface area contributed by atoms with E-state index in [0.717, 1.165) is 0 Å². The number of aromatic hydroxyl groups is 1. The van der Waals surface area contributed by atoms with Crippen LogP contribution in [0.1, 0.15) is 5.56 Å². The zero-order valence-corrected chi connectivity index (χ0v) is 9.40. The summed E-state index contributed by atoms with van der Waals surface area (Å²) in [5.74, 6) is -0.352. The molecule has 0 fully saturated rings. The molecule has 0 spiro atoms. The van der Waals surface area contributed by atoms with Crippen molar-refractivity contribution in [2.45, 2.75) is 0 Å². The molecule has 0 radical (unpaired) electrons. The third kappa shape index (κ3) is 2.45. The molecule has 0 aliphatic rings. The highest BCUT2D eigenvalue weighted by Crippen LogP contribution is 2.26. The van der Waals surface area contributed by atoms with E-state index in [0.29, 0.717) is 29.6 Å². The van der Waals surface area contributed by atoms with Crippen LogP contribution in [0.2, 0.25) is 0 Å². The van der Waals surface area contributed by atoms with Gasteiger partial charge in [-0.1, -0.05) is 0 Å². The lowest BCUT2D eigenvalue weighted by Crippen LogP contribution is -1.93. The van der Waals surface area contributed by atoms with Crippen molar-refractivity contribution in [1.82, 2.24) is 4.98 Å². The molecule has 0 saturated carbocycles. The van der Waals surface area contributed by atoms with Crippen LogP contribution in [0.25, 0.3) is 10.9 Å². The molecule has 0 saturated heterocycles. The van der Waals surface area contributed by atoms with Gasteiger partial charge >= 0.3 is 0 Å². The number of fused-ring (bicyclic) bond motifs is 1. The Morgan fingerprint density at radius 2 is 2.35 bits per heavy atom. The normalized spacial score (nSPS) is 11.6. The summed E-state index contributed by atoms with van der Waals surface area (Å²) in [7, 11) is 1.59. The molecule has 90 valence electrons. The minimum atomic E-state index is -0.344. The summed E-state index contributed by atoms with van der Waals surface area (Å²) in [5, 5.41) is 10.3. The van der Waals surface area contributed by atoms with E-state index >= 15 is 0 Å². The van der Waals surface area contributed by atoms with Gasteiger partial charge < -0.3 is 14.8 Å². The average molecular weight is 236 g/mol. The number of nitrogens with zero attached hydrogens (tertiary/aromatic N) is 1. The lowest BCUT2D eigenvalue weighted by Gasteiger charge is -1.94. The second kappa shape index (κ2) is 4.97. The molecule has 0 aliphatic carbocycles. The summed E-state index contributed by atoms with van der Waals surface area (Å²) < 4.78 is 18.0. The SMILES string of the molecule is COCCN=Cc1c(O)[nH]c2ccc(F)cc12. The van der Waals surface area contributed by atoms with Crippen LogP contribution < -0.4 is 0 Å². The van der Waals surface area contributed by atoms with Crippen molar-refractivity contribution >= 4 is 17.1 Å². The first-order valence-electron chi connectivity index (χ1n) is 5.21. The highest BCUT2D eigenvalue weighted by molar-refractivity contribution is 6.01. The highest BCUT2D eigenvalue weighted by Gasteiger charge is 2.09. The van der Waals surface area contributed by atoms with Crippen molar-refractivity contribution in [3.8, 4) is 5.88 Å². The first kappa shape index (κ1) is 11.6. The highest BCUT2D eigenvalue weighted by atomic mass is 19.1. The molecule has 0 atom stereocenters.